The van der Waals surface area contributed by atoms with E-state index in [0.29, 0.717) is 11.3 Å². The first-order valence-corrected chi connectivity index (χ1v) is 4.59. The molecule has 0 aromatic heterocycles. The van der Waals surface area contributed by atoms with Crippen molar-refractivity contribution in [1.29, 1.82) is 0 Å². The molecule has 0 aliphatic carbocycles. The summed E-state index contributed by atoms with van der Waals surface area (Å²) < 4.78 is 5.11. The zero-order valence-electron chi connectivity index (χ0n) is 8.36. The highest BCUT2D eigenvalue weighted by molar-refractivity contribution is 6.07. The van der Waals surface area contributed by atoms with Gasteiger partial charge in [-0.3, -0.25) is 4.79 Å². The average Bonchev–Trinajstić information content (AvgIpc) is 2.27. The Hall–Kier alpha value is -2.03. The Bertz CT molecular complexity index is 520. The Kier molecular flexibility index (Phi) is 2.29. The van der Waals surface area contributed by atoms with Gasteiger partial charge in [0.15, 0.2) is 0 Å². The maximum Gasteiger partial charge on any atom is 0.249 e. The molecular formula is C12H11NO2. The number of carbonyl (C=O) groups excluding carboxylic acids is 1. The molecule has 0 spiro atoms. The molecule has 1 amide bonds. The number of hydrogen-bond donors (Lipinski definition) is 1. The predicted molar refractivity (Wildman–Crippen MR) is 59.0 cm³/mol. The lowest BCUT2D eigenvalue weighted by Crippen LogP contribution is -2.11. The third-order valence-electron chi connectivity index (χ3n) is 2.34. The summed E-state index contributed by atoms with van der Waals surface area (Å²) in [6, 6.07) is 11.1. The van der Waals surface area contributed by atoms with Crippen LogP contribution in [-0.2, 0) is 0 Å². The Labute approximate surface area is 87.5 Å². The Morgan fingerprint density at radius 1 is 1.27 bits per heavy atom. The highest BCUT2D eigenvalue weighted by Crippen LogP contribution is 2.24. The zero-order chi connectivity index (χ0) is 10.8. The topological polar surface area (TPSA) is 52.3 Å². The highest BCUT2D eigenvalue weighted by atomic mass is 16.5. The van der Waals surface area contributed by atoms with Crippen LogP contribution in [0.3, 0.4) is 0 Å². The van der Waals surface area contributed by atoms with Crippen molar-refractivity contribution in [1.82, 2.24) is 0 Å². The van der Waals surface area contributed by atoms with Gasteiger partial charge in [-0.15, -0.1) is 0 Å². The number of primary amides is 1. The number of amides is 1. The fraction of sp³-hybridized carbons (Fsp3) is 0.0833. The fourth-order valence-electron chi connectivity index (χ4n) is 1.60. The average molecular weight is 201 g/mol. The minimum atomic E-state index is -0.440. The molecule has 0 saturated carbocycles. The van der Waals surface area contributed by atoms with Gasteiger partial charge in [0.2, 0.25) is 5.91 Å². The molecule has 0 bridgehead atoms. The summed E-state index contributed by atoms with van der Waals surface area (Å²) in [7, 11) is 1.56. The summed E-state index contributed by atoms with van der Waals surface area (Å²) in [5, 5.41) is 1.80. The summed E-state index contributed by atoms with van der Waals surface area (Å²) in [4.78, 5) is 11.2. The van der Waals surface area contributed by atoms with Crippen LogP contribution >= 0.6 is 0 Å². The van der Waals surface area contributed by atoms with Gasteiger partial charge in [-0.25, -0.2) is 0 Å². The first-order chi connectivity index (χ1) is 7.22. The lowest BCUT2D eigenvalue weighted by Gasteiger charge is -2.06. The molecule has 2 aromatic rings. The summed E-state index contributed by atoms with van der Waals surface area (Å²) in [6.07, 6.45) is 0. The standard InChI is InChI=1S/C12H11NO2/c1-15-9-6-8-4-2-3-5-10(8)11(7-9)12(13)14/h2-7H,1H3,(H2,13,14). The minimum absolute atomic E-state index is 0.440. The fourth-order valence-corrected chi connectivity index (χ4v) is 1.60. The van der Waals surface area contributed by atoms with E-state index in [1.54, 1.807) is 13.2 Å². The molecule has 3 nitrogen and oxygen atoms in total. The normalized spacial score (nSPS) is 10.2. The number of rotatable bonds is 2. The van der Waals surface area contributed by atoms with Gasteiger partial charge in [0.05, 0.1) is 12.7 Å². The lowest BCUT2D eigenvalue weighted by molar-refractivity contribution is 0.100. The van der Waals surface area contributed by atoms with Gasteiger partial charge in [0.25, 0.3) is 0 Å². The number of carbonyl (C=O) groups is 1. The second kappa shape index (κ2) is 3.61. The monoisotopic (exact) mass is 201 g/mol. The van der Waals surface area contributed by atoms with Crippen molar-refractivity contribution in [2.45, 2.75) is 0 Å². The van der Waals surface area contributed by atoms with Crippen molar-refractivity contribution >= 4 is 16.7 Å². The second-order valence-electron chi connectivity index (χ2n) is 3.26. The first-order valence-electron chi connectivity index (χ1n) is 4.59. The van der Waals surface area contributed by atoms with Crippen LogP contribution in [0.5, 0.6) is 5.75 Å². The van der Waals surface area contributed by atoms with E-state index < -0.39 is 5.91 Å². The molecule has 76 valence electrons. The predicted octanol–water partition coefficient (Wildman–Crippen LogP) is 1.95. The lowest BCUT2D eigenvalue weighted by atomic mass is 10.0. The number of hydrogen-bond acceptors (Lipinski definition) is 2. The molecule has 0 aliphatic heterocycles. The van der Waals surface area contributed by atoms with E-state index in [4.69, 9.17) is 10.5 Å². The van der Waals surface area contributed by atoms with Crippen LogP contribution < -0.4 is 10.5 Å². The van der Waals surface area contributed by atoms with Crippen molar-refractivity contribution in [3.63, 3.8) is 0 Å². The second-order valence-corrected chi connectivity index (χ2v) is 3.26. The van der Waals surface area contributed by atoms with Gasteiger partial charge >= 0.3 is 0 Å². The number of benzene rings is 2. The molecule has 0 saturated heterocycles. The van der Waals surface area contributed by atoms with Crippen LogP contribution in [0.25, 0.3) is 10.8 Å². The first kappa shape index (κ1) is 9.52. The molecule has 0 aliphatic rings. The number of methoxy groups -OCH3 is 1. The molecule has 3 heteroatoms. The van der Waals surface area contributed by atoms with E-state index in [2.05, 4.69) is 0 Å². The number of fused-ring (bicyclic) bond motifs is 1. The largest absolute Gasteiger partial charge is 0.497 e. The van der Waals surface area contributed by atoms with E-state index in [1.807, 2.05) is 30.3 Å². The molecule has 2 rings (SSSR count). The van der Waals surface area contributed by atoms with Gasteiger partial charge in [0.1, 0.15) is 5.75 Å². The van der Waals surface area contributed by atoms with Crippen LogP contribution in [0, 0.1) is 0 Å². The summed E-state index contributed by atoms with van der Waals surface area (Å²) in [6.45, 7) is 0. The van der Waals surface area contributed by atoms with E-state index in [-0.39, 0.29) is 0 Å². The van der Waals surface area contributed by atoms with Crippen LogP contribution in [0.1, 0.15) is 10.4 Å². The number of ether oxygens (including phenoxy) is 1. The van der Waals surface area contributed by atoms with Crippen molar-refractivity contribution in [2.24, 2.45) is 5.73 Å². The van der Waals surface area contributed by atoms with Crippen molar-refractivity contribution in [2.75, 3.05) is 7.11 Å². The van der Waals surface area contributed by atoms with E-state index >= 15 is 0 Å². The molecule has 2 aromatic carbocycles. The summed E-state index contributed by atoms with van der Waals surface area (Å²) in [5.41, 5.74) is 5.80. The minimum Gasteiger partial charge on any atom is -0.497 e. The van der Waals surface area contributed by atoms with Crippen LogP contribution in [0.4, 0.5) is 0 Å². The van der Waals surface area contributed by atoms with E-state index in [0.717, 1.165) is 10.8 Å². The zero-order valence-corrected chi connectivity index (χ0v) is 8.36. The molecular weight excluding hydrogens is 190 g/mol. The van der Waals surface area contributed by atoms with Crippen molar-refractivity contribution in [3.8, 4) is 5.75 Å². The van der Waals surface area contributed by atoms with Crippen LogP contribution in [0.2, 0.25) is 0 Å². The van der Waals surface area contributed by atoms with Gasteiger partial charge < -0.3 is 10.5 Å². The Morgan fingerprint density at radius 2 is 2.00 bits per heavy atom. The maximum absolute atomic E-state index is 11.2. The molecule has 0 fully saturated rings. The van der Waals surface area contributed by atoms with Crippen molar-refractivity contribution in [3.05, 3.63) is 42.0 Å². The third-order valence-corrected chi connectivity index (χ3v) is 2.34. The highest BCUT2D eigenvalue weighted by Gasteiger charge is 2.08. The van der Waals surface area contributed by atoms with Crippen LogP contribution in [-0.4, -0.2) is 13.0 Å². The van der Waals surface area contributed by atoms with Gasteiger partial charge in [-0.05, 0) is 22.9 Å². The number of nitrogens with two attached hydrogens (primary N) is 1. The third kappa shape index (κ3) is 1.64. The molecule has 0 atom stereocenters. The molecule has 0 unspecified atom stereocenters. The van der Waals surface area contributed by atoms with Crippen LogP contribution in [0.15, 0.2) is 36.4 Å². The summed E-state index contributed by atoms with van der Waals surface area (Å²) >= 11 is 0. The maximum atomic E-state index is 11.2. The van der Waals surface area contributed by atoms with Gasteiger partial charge in [-0.1, -0.05) is 24.3 Å². The summed E-state index contributed by atoms with van der Waals surface area (Å²) in [5.74, 6) is 0.201. The molecule has 0 radical (unpaired) electrons. The molecule has 2 N–H and O–H groups in total. The quantitative estimate of drug-likeness (QED) is 0.807. The molecule has 15 heavy (non-hydrogen) atoms. The Morgan fingerprint density at radius 3 is 2.67 bits per heavy atom. The van der Waals surface area contributed by atoms with Gasteiger partial charge in [-0.2, -0.15) is 0 Å². The molecule has 0 heterocycles. The van der Waals surface area contributed by atoms with Crippen molar-refractivity contribution < 1.29 is 9.53 Å². The smallest absolute Gasteiger partial charge is 0.249 e. The van der Waals surface area contributed by atoms with E-state index in [1.165, 1.54) is 0 Å². The van der Waals surface area contributed by atoms with Gasteiger partial charge in [0, 0.05) is 0 Å². The van der Waals surface area contributed by atoms with E-state index in [9.17, 15) is 4.79 Å². The Balaban J connectivity index is 2.80. The SMILES string of the molecule is COc1cc(C(N)=O)c2ccccc2c1.